The van der Waals surface area contributed by atoms with Crippen molar-refractivity contribution >= 4 is 5.91 Å². The van der Waals surface area contributed by atoms with Gasteiger partial charge in [0, 0.05) is 12.6 Å². The Morgan fingerprint density at radius 1 is 1.50 bits per heavy atom. The smallest absolute Gasteiger partial charge is 0.255 e. The largest absolute Gasteiger partial charge is 0.507 e. The average Bonchev–Trinajstić information content (AvgIpc) is 2.33. The molecule has 0 saturated heterocycles. The molecule has 1 aromatic rings. The number of benzene rings is 1. The van der Waals surface area contributed by atoms with Crippen LogP contribution in [0.2, 0.25) is 0 Å². The maximum absolute atomic E-state index is 11.7. The molecule has 3 N–H and O–H groups in total. The topological polar surface area (TPSA) is 78.8 Å². The molecule has 1 rings (SSSR count). The highest BCUT2D eigenvalue weighted by Gasteiger charge is 2.11. The van der Waals surface area contributed by atoms with Gasteiger partial charge in [-0.05, 0) is 31.9 Å². The van der Waals surface area contributed by atoms with E-state index in [1.165, 1.54) is 19.2 Å². The third-order valence-electron chi connectivity index (χ3n) is 2.53. The molecule has 0 aromatic heterocycles. The molecule has 0 aliphatic rings. The number of ether oxygens (including phenoxy) is 1. The number of carbonyl (C=O) groups is 1. The standard InChI is InChI=1S/C13H19NO4/c1-9(15)4-3-7-14-13(17)11-6-5-10(18-2)8-12(11)16/h5-6,8-9,15-16H,3-4,7H2,1-2H3,(H,14,17). The van der Waals surface area contributed by atoms with Gasteiger partial charge in [0.1, 0.15) is 11.5 Å². The van der Waals surface area contributed by atoms with Gasteiger partial charge in [0.15, 0.2) is 0 Å². The highest BCUT2D eigenvalue weighted by atomic mass is 16.5. The predicted octanol–water partition coefficient (Wildman–Crippen LogP) is 1.29. The van der Waals surface area contributed by atoms with Gasteiger partial charge >= 0.3 is 0 Å². The van der Waals surface area contributed by atoms with Crippen molar-refractivity contribution in [2.75, 3.05) is 13.7 Å². The molecular weight excluding hydrogens is 234 g/mol. The van der Waals surface area contributed by atoms with Crippen molar-refractivity contribution in [1.82, 2.24) is 5.32 Å². The Kier molecular flexibility index (Phi) is 5.45. The molecule has 0 spiro atoms. The summed E-state index contributed by atoms with van der Waals surface area (Å²) in [5.74, 6) is 0.0567. The Morgan fingerprint density at radius 2 is 2.22 bits per heavy atom. The van der Waals surface area contributed by atoms with Gasteiger partial charge in [0.25, 0.3) is 5.91 Å². The van der Waals surface area contributed by atoms with Crippen molar-refractivity contribution in [1.29, 1.82) is 0 Å². The van der Waals surface area contributed by atoms with E-state index in [9.17, 15) is 9.90 Å². The van der Waals surface area contributed by atoms with Crippen molar-refractivity contribution in [2.24, 2.45) is 0 Å². The van der Waals surface area contributed by atoms with Crippen LogP contribution >= 0.6 is 0 Å². The first-order valence-corrected chi connectivity index (χ1v) is 5.88. The third kappa shape index (κ3) is 4.25. The number of rotatable bonds is 6. The molecule has 5 heteroatoms. The molecular formula is C13H19NO4. The first-order chi connectivity index (χ1) is 8.54. The zero-order valence-corrected chi connectivity index (χ0v) is 10.6. The number of carbonyl (C=O) groups excluding carboxylic acids is 1. The Bertz CT molecular complexity index is 404. The normalized spacial score (nSPS) is 11.9. The number of methoxy groups -OCH3 is 1. The van der Waals surface area contributed by atoms with Crippen molar-refractivity contribution in [3.63, 3.8) is 0 Å². The molecule has 100 valence electrons. The first kappa shape index (κ1) is 14.3. The van der Waals surface area contributed by atoms with E-state index in [2.05, 4.69) is 5.32 Å². The molecule has 0 heterocycles. The zero-order valence-electron chi connectivity index (χ0n) is 10.6. The summed E-state index contributed by atoms with van der Waals surface area (Å²) in [5, 5.41) is 21.4. The summed E-state index contributed by atoms with van der Waals surface area (Å²) in [5.41, 5.74) is 0.216. The molecule has 0 saturated carbocycles. The monoisotopic (exact) mass is 253 g/mol. The Morgan fingerprint density at radius 3 is 2.78 bits per heavy atom. The van der Waals surface area contributed by atoms with Gasteiger partial charge in [0.2, 0.25) is 0 Å². The minimum atomic E-state index is -0.365. The summed E-state index contributed by atoms with van der Waals surface area (Å²) in [4.78, 5) is 11.7. The third-order valence-corrected chi connectivity index (χ3v) is 2.53. The Balaban J connectivity index is 2.51. The number of phenols is 1. The van der Waals surface area contributed by atoms with E-state index in [-0.39, 0.29) is 23.3 Å². The first-order valence-electron chi connectivity index (χ1n) is 5.88. The summed E-state index contributed by atoms with van der Waals surface area (Å²) in [7, 11) is 1.49. The van der Waals surface area contributed by atoms with E-state index in [0.29, 0.717) is 25.1 Å². The molecule has 0 radical (unpaired) electrons. The van der Waals surface area contributed by atoms with Crippen LogP contribution in [0.25, 0.3) is 0 Å². The van der Waals surface area contributed by atoms with Gasteiger partial charge < -0.3 is 20.3 Å². The number of nitrogens with one attached hydrogen (secondary N) is 1. The van der Waals surface area contributed by atoms with Crippen molar-refractivity contribution in [3.8, 4) is 11.5 Å². The van der Waals surface area contributed by atoms with E-state index < -0.39 is 0 Å². The molecule has 0 aliphatic heterocycles. The molecule has 1 atom stereocenters. The van der Waals surface area contributed by atoms with E-state index in [1.54, 1.807) is 13.0 Å². The number of aliphatic hydroxyl groups excluding tert-OH is 1. The number of phenolic OH excluding ortho intramolecular Hbond substituents is 1. The van der Waals surface area contributed by atoms with Crippen LogP contribution in [0, 0.1) is 0 Å². The van der Waals surface area contributed by atoms with Crippen molar-refractivity contribution < 1.29 is 19.7 Å². The number of hydrogen-bond acceptors (Lipinski definition) is 4. The minimum absolute atomic E-state index is 0.109. The second-order valence-corrected chi connectivity index (χ2v) is 4.13. The highest BCUT2D eigenvalue weighted by molar-refractivity contribution is 5.96. The van der Waals surface area contributed by atoms with Crippen molar-refractivity contribution in [2.45, 2.75) is 25.9 Å². The SMILES string of the molecule is COc1ccc(C(=O)NCCCC(C)O)c(O)c1. The fourth-order valence-electron chi connectivity index (χ4n) is 1.53. The van der Waals surface area contributed by atoms with Gasteiger partial charge in [-0.25, -0.2) is 0 Å². The van der Waals surface area contributed by atoms with Gasteiger partial charge in [-0.15, -0.1) is 0 Å². The maximum atomic E-state index is 11.7. The molecule has 1 unspecified atom stereocenters. The van der Waals surface area contributed by atoms with Crippen LogP contribution < -0.4 is 10.1 Å². The van der Waals surface area contributed by atoms with Crippen LogP contribution in [0.1, 0.15) is 30.1 Å². The lowest BCUT2D eigenvalue weighted by molar-refractivity contribution is 0.0947. The number of hydrogen-bond donors (Lipinski definition) is 3. The molecule has 18 heavy (non-hydrogen) atoms. The summed E-state index contributed by atoms with van der Waals surface area (Å²) in [6, 6.07) is 4.52. The quantitative estimate of drug-likeness (QED) is 0.667. The number of amides is 1. The van der Waals surface area contributed by atoms with Crippen LogP contribution in [-0.4, -0.2) is 35.9 Å². The van der Waals surface area contributed by atoms with Gasteiger partial charge in [0.05, 0.1) is 18.8 Å². The maximum Gasteiger partial charge on any atom is 0.255 e. The molecule has 5 nitrogen and oxygen atoms in total. The summed E-state index contributed by atoms with van der Waals surface area (Å²) < 4.78 is 4.94. The fraction of sp³-hybridized carbons (Fsp3) is 0.462. The average molecular weight is 253 g/mol. The highest BCUT2D eigenvalue weighted by Crippen LogP contribution is 2.23. The second-order valence-electron chi connectivity index (χ2n) is 4.13. The van der Waals surface area contributed by atoms with E-state index >= 15 is 0 Å². The van der Waals surface area contributed by atoms with Crippen LogP contribution in [0.5, 0.6) is 11.5 Å². The molecule has 1 amide bonds. The molecule has 0 bridgehead atoms. The lowest BCUT2D eigenvalue weighted by atomic mass is 10.1. The lowest BCUT2D eigenvalue weighted by Gasteiger charge is -2.08. The van der Waals surface area contributed by atoms with E-state index in [1.807, 2.05) is 0 Å². The van der Waals surface area contributed by atoms with Crippen LogP contribution in [0.4, 0.5) is 0 Å². The summed E-state index contributed by atoms with van der Waals surface area (Å²) >= 11 is 0. The Hall–Kier alpha value is -1.75. The van der Waals surface area contributed by atoms with Crippen molar-refractivity contribution in [3.05, 3.63) is 23.8 Å². The summed E-state index contributed by atoms with van der Waals surface area (Å²) in [6.45, 7) is 2.17. The van der Waals surface area contributed by atoms with Gasteiger partial charge in [-0.3, -0.25) is 4.79 Å². The predicted molar refractivity (Wildman–Crippen MR) is 67.9 cm³/mol. The Labute approximate surface area is 106 Å². The van der Waals surface area contributed by atoms with E-state index in [4.69, 9.17) is 9.84 Å². The van der Waals surface area contributed by atoms with Crippen LogP contribution in [0.3, 0.4) is 0 Å². The van der Waals surface area contributed by atoms with Crippen LogP contribution in [0.15, 0.2) is 18.2 Å². The summed E-state index contributed by atoms with van der Waals surface area (Å²) in [6.07, 6.45) is 0.964. The molecule has 0 aliphatic carbocycles. The van der Waals surface area contributed by atoms with Gasteiger partial charge in [-0.1, -0.05) is 0 Å². The fourth-order valence-corrected chi connectivity index (χ4v) is 1.53. The molecule has 1 aromatic carbocycles. The zero-order chi connectivity index (χ0) is 13.5. The van der Waals surface area contributed by atoms with Crippen LogP contribution in [-0.2, 0) is 0 Å². The number of aliphatic hydroxyl groups is 1. The van der Waals surface area contributed by atoms with E-state index in [0.717, 1.165) is 0 Å². The minimum Gasteiger partial charge on any atom is -0.507 e. The molecule has 0 fully saturated rings. The second kappa shape index (κ2) is 6.86. The number of aromatic hydroxyl groups is 1. The lowest BCUT2D eigenvalue weighted by Crippen LogP contribution is -2.25. The van der Waals surface area contributed by atoms with Gasteiger partial charge in [-0.2, -0.15) is 0 Å².